The Morgan fingerprint density at radius 1 is 1.30 bits per heavy atom. The minimum atomic E-state index is -1.10. The van der Waals surface area contributed by atoms with Crippen LogP contribution in [0.25, 0.3) is 0 Å². The number of carbonyl (C=O) groups excluding carboxylic acids is 1. The maximum atomic E-state index is 11.8. The molecule has 1 fully saturated rings. The molecule has 1 unspecified atom stereocenters. The highest BCUT2D eigenvalue weighted by atomic mass is 16.3. The van der Waals surface area contributed by atoms with Crippen molar-refractivity contribution in [1.29, 1.82) is 0 Å². The Bertz CT molecular complexity index is 648. The van der Waals surface area contributed by atoms with Gasteiger partial charge in [-0.25, -0.2) is 4.99 Å². The number of carbonyl (C=O) groups is 1. The Labute approximate surface area is 162 Å². The molecule has 1 aromatic rings. The van der Waals surface area contributed by atoms with Gasteiger partial charge in [0.25, 0.3) is 0 Å². The van der Waals surface area contributed by atoms with Gasteiger partial charge < -0.3 is 25.5 Å². The number of aliphatic imine (C=N–C) groups is 1. The van der Waals surface area contributed by atoms with Gasteiger partial charge in [-0.3, -0.25) is 4.79 Å². The van der Waals surface area contributed by atoms with Crippen molar-refractivity contribution in [2.24, 2.45) is 10.9 Å². The SMILES string of the molecule is CCNC(=NCC(C)(O)c1cc(C)oc1C)NCCCNC(=O)C1CCC1. The van der Waals surface area contributed by atoms with Crippen LogP contribution in [0.3, 0.4) is 0 Å². The Morgan fingerprint density at radius 2 is 2.00 bits per heavy atom. The fourth-order valence-corrected chi connectivity index (χ4v) is 3.15. The second-order valence-corrected chi connectivity index (χ2v) is 7.50. The molecule has 0 bridgehead atoms. The monoisotopic (exact) mass is 378 g/mol. The lowest BCUT2D eigenvalue weighted by Gasteiger charge is -2.24. The predicted molar refractivity (Wildman–Crippen MR) is 107 cm³/mol. The fraction of sp³-hybridized carbons (Fsp3) is 0.700. The number of rotatable bonds is 9. The minimum Gasteiger partial charge on any atom is -0.466 e. The molecule has 0 aliphatic heterocycles. The highest BCUT2D eigenvalue weighted by Crippen LogP contribution is 2.27. The third-order valence-corrected chi connectivity index (χ3v) is 4.93. The number of aryl methyl sites for hydroxylation is 2. The fourth-order valence-electron chi connectivity index (χ4n) is 3.15. The number of hydrogen-bond acceptors (Lipinski definition) is 4. The molecule has 7 heteroatoms. The molecule has 27 heavy (non-hydrogen) atoms. The quantitative estimate of drug-likeness (QED) is 0.299. The second-order valence-electron chi connectivity index (χ2n) is 7.50. The number of aliphatic hydroxyl groups is 1. The van der Waals surface area contributed by atoms with Crippen molar-refractivity contribution < 1.29 is 14.3 Å². The molecule has 1 aromatic heterocycles. The van der Waals surface area contributed by atoms with Crippen molar-refractivity contribution >= 4 is 11.9 Å². The normalized spacial score (nSPS) is 17.1. The summed E-state index contributed by atoms with van der Waals surface area (Å²) < 4.78 is 5.52. The summed E-state index contributed by atoms with van der Waals surface area (Å²) in [5, 5.41) is 20.2. The van der Waals surface area contributed by atoms with Crippen LogP contribution in [0.5, 0.6) is 0 Å². The van der Waals surface area contributed by atoms with Crippen molar-refractivity contribution in [3.05, 3.63) is 23.2 Å². The van der Waals surface area contributed by atoms with Gasteiger partial charge in [0.2, 0.25) is 5.91 Å². The van der Waals surface area contributed by atoms with Crippen LogP contribution in [-0.4, -0.2) is 43.2 Å². The first kappa shape index (κ1) is 21.3. The lowest BCUT2D eigenvalue weighted by Crippen LogP contribution is -2.40. The van der Waals surface area contributed by atoms with E-state index in [-0.39, 0.29) is 18.4 Å². The molecule has 0 spiro atoms. The number of nitrogens with one attached hydrogen (secondary N) is 3. The maximum absolute atomic E-state index is 11.8. The van der Waals surface area contributed by atoms with Gasteiger partial charge >= 0.3 is 0 Å². The van der Waals surface area contributed by atoms with Crippen LogP contribution in [0.4, 0.5) is 0 Å². The van der Waals surface area contributed by atoms with Crippen molar-refractivity contribution in [1.82, 2.24) is 16.0 Å². The van der Waals surface area contributed by atoms with Gasteiger partial charge in [-0.05, 0) is 53.0 Å². The van der Waals surface area contributed by atoms with Crippen LogP contribution in [0.15, 0.2) is 15.5 Å². The summed E-state index contributed by atoms with van der Waals surface area (Å²) in [5.74, 6) is 2.56. The van der Waals surface area contributed by atoms with Crippen molar-refractivity contribution in [2.75, 3.05) is 26.2 Å². The summed E-state index contributed by atoms with van der Waals surface area (Å²) in [6, 6.07) is 1.86. The van der Waals surface area contributed by atoms with E-state index in [2.05, 4.69) is 20.9 Å². The molecule has 0 aromatic carbocycles. The molecular weight excluding hydrogens is 344 g/mol. The maximum Gasteiger partial charge on any atom is 0.223 e. The summed E-state index contributed by atoms with van der Waals surface area (Å²) in [6.07, 6.45) is 4.04. The molecular formula is C20H34N4O3. The van der Waals surface area contributed by atoms with Crippen LogP contribution in [0.2, 0.25) is 0 Å². The van der Waals surface area contributed by atoms with Gasteiger partial charge in [-0.1, -0.05) is 6.42 Å². The zero-order chi connectivity index (χ0) is 19.9. The van der Waals surface area contributed by atoms with Crippen molar-refractivity contribution in [3.8, 4) is 0 Å². The largest absolute Gasteiger partial charge is 0.466 e. The highest BCUT2D eigenvalue weighted by Gasteiger charge is 2.27. The van der Waals surface area contributed by atoms with E-state index in [4.69, 9.17) is 4.42 Å². The Balaban J connectivity index is 1.79. The van der Waals surface area contributed by atoms with Gasteiger partial charge in [-0.15, -0.1) is 0 Å². The van der Waals surface area contributed by atoms with Crippen LogP contribution >= 0.6 is 0 Å². The standard InChI is InChI=1S/C20H34N4O3/c1-5-21-19(23-11-7-10-22-18(25)16-8-6-9-16)24-13-20(4,26)17-12-14(2)27-15(17)3/h12,16,26H,5-11,13H2,1-4H3,(H,22,25)(H2,21,23,24). The summed E-state index contributed by atoms with van der Waals surface area (Å²) in [4.78, 5) is 16.3. The first-order chi connectivity index (χ1) is 12.8. The Kier molecular flexibility index (Phi) is 7.71. The first-order valence-electron chi connectivity index (χ1n) is 9.93. The molecule has 1 aliphatic rings. The minimum absolute atomic E-state index is 0.184. The van der Waals surface area contributed by atoms with E-state index in [1.54, 1.807) is 6.92 Å². The smallest absolute Gasteiger partial charge is 0.223 e. The molecule has 1 amide bonds. The molecule has 1 atom stereocenters. The van der Waals surface area contributed by atoms with E-state index in [0.717, 1.165) is 37.1 Å². The molecule has 4 N–H and O–H groups in total. The molecule has 1 heterocycles. The zero-order valence-corrected chi connectivity index (χ0v) is 17.0. The van der Waals surface area contributed by atoms with Gasteiger partial charge in [-0.2, -0.15) is 0 Å². The van der Waals surface area contributed by atoms with E-state index in [9.17, 15) is 9.90 Å². The topological polar surface area (TPSA) is 98.9 Å². The molecule has 2 rings (SSSR count). The van der Waals surface area contributed by atoms with E-state index in [1.807, 2.05) is 26.8 Å². The number of furan rings is 1. The van der Waals surface area contributed by atoms with E-state index < -0.39 is 5.60 Å². The lowest BCUT2D eigenvalue weighted by atomic mass is 9.85. The van der Waals surface area contributed by atoms with Crippen LogP contribution in [0.1, 0.15) is 56.6 Å². The summed E-state index contributed by atoms with van der Waals surface area (Å²) in [6.45, 7) is 9.77. The van der Waals surface area contributed by atoms with Gasteiger partial charge in [0.15, 0.2) is 5.96 Å². The van der Waals surface area contributed by atoms with E-state index >= 15 is 0 Å². The molecule has 1 saturated carbocycles. The Morgan fingerprint density at radius 3 is 2.56 bits per heavy atom. The molecule has 0 radical (unpaired) electrons. The van der Waals surface area contributed by atoms with E-state index in [0.29, 0.717) is 24.8 Å². The number of hydrogen-bond donors (Lipinski definition) is 4. The van der Waals surface area contributed by atoms with Crippen molar-refractivity contribution in [2.45, 2.75) is 59.0 Å². The molecule has 1 aliphatic carbocycles. The predicted octanol–water partition coefficient (Wildman–Crippen LogP) is 1.97. The zero-order valence-electron chi connectivity index (χ0n) is 17.0. The third kappa shape index (κ3) is 6.27. The summed E-state index contributed by atoms with van der Waals surface area (Å²) in [7, 11) is 0. The average molecular weight is 379 g/mol. The number of amides is 1. The van der Waals surface area contributed by atoms with Gasteiger partial charge in [0.1, 0.15) is 17.1 Å². The molecule has 0 saturated heterocycles. The molecule has 7 nitrogen and oxygen atoms in total. The average Bonchev–Trinajstić information content (AvgIpc) is 2.90. The number of nitrogens with zero attached hydrogens (tertiary/aromatic N) is 1. The van der Waals surface area contributed by atoms with Crippen molar-refractivity contribution in [3.63, 3.8) is 0 Å². The number of guanidine groups is 1. The summed E-state index contributed by atoms with van der Waals surface area (Å²) in [5.41, 5.74) is -0.334. The first-order valence-corrected chi connectivity index (χ1v) is 9.93. The lowest BCUT2D eigenvalue weighted by molar-refractivity contribution is -0.127. The third-order valence-electron chi connectivity index (χ3n) is 4.93. The second kappa shape index (κ2) is 9.78. The van der Waals surface area contributed by atoms with Crippen LogP contribution < -0.4 is 16.0 Å². The van der Waals surface area contributed by atoms with Gasteiger partial charge in [0, 0.05) is 31.1 Å². The summed E-state index contributed by atoms with van der Waals surface area (Å²) >= 11 is 0. The molecule has 152 valence electrons. The van der Waals surface area contributed by atoms with Gasteiger partial charge in [0.05, 0.1) is 6.54 Å². The Hall–Kier alpha value is -2.02. The van der Waals surface area contributed by atoms with E-state index in [1.165, 1.54) is 6.42 Å². The highest BCUT2D eigenvalue weighted by molar-refractivity contribution is 5.80. The van der Waals surface area contributed by atoms with Crippen LogP contribution in [-0.2, 0) is 10.4 Å². The van der Waals surface area contributed by atoms with Crippen LogP contribution in [0, 0.1) is 19.8 Å².